The van der Waals surface area contributed by atoms with Crippen LogP contribution in [-0.4, -0.2) is 126 Å². The molecule has 4 saturated heterocycles. The van der Waals surface area contributed by atoms with Crippen molar-refractivity contribution in [2.24, 2.45) is 23.3 Å². The summed E-state index contributed by atoms with van der Waals surface area (Å²) in [5.41, 5.74) is 16.3. The number of nitrogens with one attached hydrogen (secondary N) is 2. The molecule has 2 atom stereocenters. The summed E-state index contributed by atoms with van der Waals surface area (Å²) >= 11 is 0. The van der Waals surface area contributed by atoms with Crippen LogP contribution in [0.4, 0.5) is 5.69 Å². The van der Waals surface area contributed by atoms with Gasteiger partial charge in [-0.3, -0.25) is 34.3 Å². The highest BCUT2D eigenvalue weighted by Gasteiger charge is 2.45. The lowest BCUT2D eigenvalue weighted by atomic mass is 9.86. The van der Waals surface area contributed by atoms with Gasteiger partial charge in [-0.25, -0.2) is 0 Å². The van der Waals surface area contributed by atoms with Crippen LogP contribution in [0.5, 0.6) is 5.75 Å². The smallest absolute Gasteiger partial charge is 0.262 e. The zero-order valence-electron chi connectivity index (χ0n) is 32.0. The number of benzene rings is 2. The number of anilines is 1. The van der Waals surface area contributed by atoms with Gasteiger partial charge in [0, 0.05) is 82.3 Å². The average Bonchev–Trinajstić information content (AvgIpc) is 3.45. The Kier molecular flexibility index (Phi) is 11.3. The quantitative estimate of drug-likeness (QED) is 0.176. The molecular weight excluding hydrogens is 699 g/mol. The monoisotopic (exact) mass is 753 g/mol. The number of nitrogens with zero attached hydrogens (tertiary/aromatic N) is 5. The van der Waals surface area contributed by atoms with Crippen molar-refractivity contribution in [2.45, 2.75) is 57.5 Å². The van der Waals surface area contributed by atoms with Crippen LogP contribution in [-0.2, 0) is 9.59 Å². The fourth-order valence-electron chi connectivity index (χ4n) is 9.08. The van der Waals surface area contributed by atoms with Gasteiger partial charge in [0.25, 0.3) is 11.8 Å². The van der Waals surface area contributed by atoms with Crippen molar-refractivity contribution in [3.63, 3.8) is 0 Å². The molecule has 2 unspecified atom stereocenters. The summed E-state index contributed by atoms with van der Waals surface area (Å²) in [5.74, 6) is 0.0367. The molecule has 4 fully saturated rings. The maximum atomic E-state index is 13.4. The number of nitrogens with two attached hydrogens (primary N) is 2. The van der Waals surface area contributed by atoms with Crippen LogP contribution >= 0.6 is 0 Å². The SMILES string of the molecule is CN/C(N)=C(/C=C(\N)c1ccccc1O)N1CCN(CC2CCN(C(C)C3CCN(c4ccc5c(c4)C(=O)N(C4CCC(=O)NC4=O)C5=O)CC3)CC2)CC1. The Morgan fingerprint density at radius 1 is 0.891 bits per heavy atom. The van der Waals surface area contributed by atoms with E-state index in [0.29, 0.717) is 46.1 Å². The van der Waals surface area contributed by atoms with E-state index in [1.807, 2.05) is 18.2 Å². The molecule has 294 valence electrons. The second-order valence-corrected chi connectivity index (χ2v) is 15.7. The van der Waals surface area contributed by atoms with Gasteiger partial charge in [0.15, 0.2) is 0 Å². The van der Waals surface area contributed by atoms with E-state index in [2.05, 4.69) is 37.2 Å². The molecule has 14 nitrogen and oxygen atoms in total. The van der Waals surface area contributed by atoms with E-state index in [4.69, 9.17) is 11.5 Å². The van der Waals surface area contributed by atoms with E-state index in [-0.39, 0.29) is 24.5 Å². The molecule has 7 rings (SSSR count). The highest BCUT2D eigenvalue weighted by Crippen LogP contribution is 2.34. The molecule has 4 amide bonds. The lowest BCUT2D eigenvalue weighted by Crippen LogP contribution is -2.54. The van der Waals surface area contributed by atoms with Gasteiger partial charge in [0.1, 0.15) is 17.6 Å². The fourth-order valence-corrected chi connectivity index (χ4v) is 9.08. The number of allylic oxidation sites excluding steroid dienone is 1. The van der Waals surface area contributed by atoms with Gasteiger partial charge in [-0.2, -0.15) is 0 Å². The second kappa shape index (κ2) is 16.3. The van der Waals surface area contributed by atoms with Crippen molar-refractivity contribution in [1.29, 1.82) is 0 Å². The largest absolute Gasteiger partial charge is 0.507 e. The van der Waals surface area contributed by atoms with Crippen LogP contribution in [0.15, 0.2) is 60.1 Å². The Morgan fingerprint density at radius 3 is 2.25 bits per heavy atom. The Morgan fingerprint density at radius 2 is 1.58 bits per heavy atom. The number of phenols is 1. The first-order valence-electron chi connectivity index (χ1n) is 19.8. The molecule has 5 heterocycles. The highest BCUT2D eigenvalue weighted by molar-refractivity contribution is 6.23. The molecule has 0 radical (unpaired) electrons. The molecular formula is C41H55N9O5. The topological polar surface area (TPSA) is 181 Å². The minimum absolute atomic E-state index is 0.102. The maximum absolute atomic E-state index is 13.4. The third-order valence-corrected chi connectivity index (χ3v) is 12.5. The first-order chi connectivity index (χ1) is 26.5. The number of amides is 4. The lowest BCUT2D eigenvalue weighted by molar-refractivity contribution is -0.136. The predicted molar refractivity (Wildman–Crippen MR) is 210 cm³/mol. The third kappa shape index (κ3) is 8.01. The Labute approximate surface area is 323 Å². The van der Waals surface area contributed by atoms with E-state index in [1.165, 1.54) is 12.8 Å². The molecule has 0 aromatic heterocycles. The summed E-state index contributed by atoms with van der Waals surface area (Å²) in [4.78, 5) is 61.4. The molecule has 0 bridgehead atoms. The van der Waals surface area contributed by atoms with Crippen LogP contribution in [0.25, 0.3) is 5.70 Å². The predicted octanol–water partition coefficient (Wildman–Crippen LogP) is 2.07. The summed E-state index contributed by atoms with van der Waals surface area (Å²) < 4.78 is 0. The van der Waals surface area contributed by atoms with E-state index in [9.17, 15) is 24.3 Å². The second-order valence-electron chi connectivity index (χ2n) is 15.7. The number of carbonyl (C=O) groups is 4. The number of piperazine rings is 1. The first kappa shape index (κ1) is 38.2. The van der Waals surface area contributed by atoms with E-state index in [1.54, 1.807) is 37.4 Å². The standard InChI is InChI=1S/C41H55N9O5/c1-26(28-13-17-48(18-14-28)29-7-8-30-32(23-29)41(55)50(40(30)54)34-9-10-37(52)45-39(34)53)47-15-11-27(12-16-47)25-46-19-21-49(22-20-46)35(38(43)44-2)24-33(42)31-5-3-4-6-36(31)51/h3-8,23-24,26-28,34,44,51H,9-22,25,42-43H2,1-2H3,(H,45,52,53)/b33-24-,38-35-. The number of para-hydroxylation sites is 1. The van der Waals surface area contributed by atoms with Gasteiger partial charge >= 0.3 is 0 Å². The third-order valence-electron chi connectivity index (χ3n) is 12.5. The number of likely N-dealkylation sites (tertiary alicyclic amines) is 1. The summed E-state index contributed by atoms with van der Waals surface area (Å²) in [5, 5.41) is 15.6. The number of phenolic OH excluding ortho intramolecular Hbond substituents is 1. The van der Waals surface area contributed by atoms with Gasteiger partial charge in [-0.05, 0) is 100 Å². The van der Waals surface area contributed by atoms with Crippen molar-refractivity contribution < 1.29 is 24.3 Å². The number of piperidine rings is 3. The average molecular weight is 754 g/mol. The highest BCUT2D eigenvalue weighted by atomic mass is 16.3. The molecule has 5 aliphatic rings. The van der Waals surface area contributed by atoms with Crippen LogP contribution in [0, 0.1) is 11.8 Å². The van der Waals surface area contributed by atoms with Crippen molar-refractivity contribution in [3.8, 4) is 5.75 Å². The first-order valence-corrected chi connectivity index (χ1v) is 19.8. The normalized spacial score (nSPS) is 23.5. The molecule has 0 saturated carbocycles. The van der Waals surface area contributed by atoms with Gasteiger partial charge in [0.2, 0.25) is 11.8 Å². The Balaban J connectivity index is 0.861. The minimum atomic E-state index is -0.960. The van der Waals surface area contributed by atoms with Crippen LogP contribution in [0.3, 0.4) is 0 Å². The fraction of sp³-hybridized carbons (Fsp3) is 0.512. The van der Waals surface area contributed by atoms with Gasteiger partial charge in [-0.15, -0.1) is 0 Å². The summed E-state index contributed by atoms with van der Waals surface area (Å²) in [6.07, 6.45) is 6.60. The number of carbonyl (C=O) groups excluding carboxylic acids is 4. The zero-order chi connectivity index (χ0) is 38.8. The van der Waals surface area contributed by atoms with E-state index >= 15 is 0 Å². The summed E-state index contributed by atoms with van der Waals surface area (Å²) in [7, 11) is 1.80. The molecule has 0 spiro atoms. The molecule has 7 N–H and O–H groups in total. The number of rotatable bonds is 10. The molecule has 5 aliphatic heterocycles. The van der Waals surface area contributed by atoms with Crippen molar-refractivity contribution >= 4 is 35.0 Å². The lowest BCUT2D eigenvalue weighted by Gasteiger charge is -2.44. The number of aromatic hydroxyl groups is 1. The van der Waals surface area contributed by atoms with Crippen molar-refractivity contribution in [3.05, 3.63) is 76.7 Å². The zero-order valence-corrected chi connectivity index (χ0v) is 32.0. The molecule has 14 heteroatoms. The minimum Gasteiger partial charge on any atom is -0.507 e. The molecule has 0 aliphatic carbocycles. The van der Waals surface area contributed by atoms with Crippen LogP contribution in [0.2, 0.25) is 0 Å². The van der Waals surface area contributed by atoms with Crippen molar-refractivity contribution in [1.82, 2.24) is 30.2 Å². The Hall–Kier alpha value is -5.08. The maximum Gasteiger partial charge on any atom is 0.262 e. The number of fused-ring (bicyclic) bond motifs is 1. The number of hydrogen-bond donors (Lipinski definition) is 5. The van der Waals surface area contributed by atoms with Crippen LogP contribution in [0.1, 0.15) is 71.7 Å². The number of imide groups is 2. The Bertz CT molecular complexity index is 1860. The van der Waals surface area contributed by atoms with Crippen molar-refractivity contribution in [2.75, 3.05) is 70.9 Å². The van der Waals surface area contributed by atoms with Gasteiger partial charge in [0.05, 0.1) is 16.8 Å². The van der Waals surface area contributed by atoms with Crippen LogP contribution < -0.4 is 27.0 Å². The molecule has 55 heavy (non-hydrogen) atoms. The van der Waals surface area contributed by atoms with E-state index < -0.39 is 23.8 Å². The van der Waals surface area contributed by atoms with Gasteiger partial charge < -0.3 is 36.6 Å². The molecule has 2 aromatic carbocycles. The summed E-state index contributed by atoms with van der Waals surface area (Å²) in [6, 6.07) is 12.0. The van der Waals surface area contributed by atoms with Gasteiger partial charge in [-0.1, -0.05) is 12.1 Å². The summed E-state index contributed by atoms with van der Waals surface area (Å²) in [6.45, 7) is 11.1. The van der Waals surface area contributed by atoms with E-state index in [0.717, 1.165) is 88.0 Å². The number of hydrogen-bond acceptors (Lipinski definition) is 12. The molecule has 2 aromatic rings.